The van der Waals surface area contributed by atoms with Gasteiger partial charge in [0.1, 0.15) is 5.75 Å². The van der Waals surface area contributed by atoms with Crippen LogP contribution in [0.4, 0.5) is 5.69 Å². The molecule has 0 aromatic heterocycles. The lowest BCUT2D eigenvalue weighted by molar-refractivity contribution is -0.128. The van der Waals surface area contributed by atoms with Crippen molar-refractivity contribution in [1.29, 1.82) is 0 Å². The highest BCUT2D eigenvalue weighted by atomic mass is 35.5. The molecular weight excluding hydrogens is 562 g/mol. The minimum absolute atomic E-state index is 0.0196. The van der Waals surface area contributed by atoms with E-state index in [2.05, 4.69) is 5.32 Å². The van der Waals surface area contributed by atoms with Gasteiger partial charge in [0.05, 0.1) is 23.7 Å². The van der Waals surface area contributed by atoms with Crippen molar-refractivity contribution < 1.29 is 22.7 Å². The monoisotopic (exact) mass is 589 g/mol. The first-order chi connectivity index (χ1) is 19.8. The smallest absolute Gasteiger partial charge is 0.263 e. The molecule has 4 aromatic carbocycles. The number of amides is 2. The van der Waals surface area contributed by atoms with Gasteiger partial charge in [-0.2, -0.15) is 4.31 Å². The van der Waals surface area contributed by atoms with Crippen molar-refractivity contribution in [1.82, 2.24) is 9.62 Å². The van der Waals surface area contributed by atoms with E-state index in [9.17, 15) is 18.0 Å². The first-order valence-corrected chi connectivity index (χ1v) is 14.8. The van der Waals surface area contributed by atoms with E-state index in [1.54, 1.807) is 48.5 Å². The molecule has 5 rings (SSSR count). The summed E-state index contributed by atoms with van der Waals surface area (Å²) >= 11 is 5.99. The molecule has 8 nitrogen and oxygen atoms in total. The highest BCUT2D eigenvalue weighted by molar-refractivity contribution is 7.89. The van der Waals surface area contributed by atoms with Crippen LogP contribution in [0.1, 0.15) is 11.1 Å². The molecule has 0 saturated carbocycles. The fourth-order valence-corrected chi connectivity index (χ4v) is 6.01. The number of hydrogen-bond acceptors (Lipinski definition) is 5. The Morgan fingerprint density at radius 2 is 1.46 bits per heavy atom. The predicted octanol–water partition coefficient (Wildman–Crippen LogP) is 4.64. The topological polar surface area (TPSA) is 96.0 Å². The maximum atomic E-state index is 13.9. The first kappa shape index (κ1) is 28.4. The van der Waals surface area contributed by atoms with E-state index in [0.29, 0.717) is 23.0 Å². The van der Waals surface area contributed by atoms with Gasteiger partial charge in [-0.05, 0) is 47.5 Å². The third-order valence-corrected chi connectivity index (χ3v) is 8.70. The second-order valence-electron chi connectivity index (χ2n) is 9.49. The standard InChI is InChI=1S/C31H28ClN3O5S/c32-25-15-17-26(18-16-25)41(38,39)34(20-24-11-5-2-6-12-24)22-30(36)35-21-29(40-28-14-8-7-13-27(28)35)31(37)33-19-23-9-3-1-4-10-23/h1-18,29H,19-22H2,(H,33,37)/t29-/m0/s1. The van der Waals surface area contributed by atoms with Gasteiger partial charge in [0.25, 0.3) is 5.91 Å². The molecule has 1 heterocycles. The molecule has 0 spiro atoms. The third-order valence-electron chi connectivity index (χ3n) is 6.64. The van der Waals surface area contributed by atoms with Crippen LogP contribution < -0.4 is 15.0 Å². The largest absolute Gasteiger partial charge is 0.477 e. The quantitative estimate of drug-likeness (QED) is 0.307. The van der Waals surface area contributed by atoms with Gasteiger partial charge < -0.3 is 15.0 Å². The van der Waals surface area contributed by atoms with Crippen molar-refractivity contribution in [3.8, 4) is 5.75 Å². The number of nitrogens with one attached hydrogen (secondary N) is 1. The lowest BCUT2D eigenvalue weighted by atomic mass is 10.1. The Kier molecular flexibility index (Phi) is 8.68. The number of nitrogens with zero attached hydrogens (tertiary/aromatic N) is 2. The van der Waals surface area contributed by atoms with Gasteiger partial charge in [0, 0.05) is 18.1 Å². The molecule has 0 fully saturated rings. The van der Waals surface area contributed by atoms with E-state index >= 15 is 0 Å². The molecule has 0 unspecified atom stereocenters. The molecule has 1 atom stereocenters. The van der Waals surface area contributed by atoms with Crippen molar-refractivity contribution in [2.24, 2.45) is 0 Å². The Bertz CT molecular complexity index is 1620. The van der Waals surface area contributed by atoms with Gasteiger partial charge in [-0.15, -0.1) is 0 Å². The zero-order valence-corrected chi connectivity index (χ0v) is 23.6. The number of hydrogen-bond donors (Lipinski definition) is 1. The summed E-state index contributed by atoms with van der Waals surface area (Å²) in [6, 6.07) is 31.2. The Balaban J connectivity index is 1.40. The summed E-state index contributed by atoms with van der Waals surface area (Å²) in [5.41, 5.74) is 2.11. The van der Waals surface area contributed by atoms with Crippen molar-refractivity contribution >= 4 is 39.1 Å². The number of benzene rings is 4. The van der Waals surface area contributed by atoms with E-state index in [-0.39, 0.29) is 23.9 Å². The normalized spacial score (nSPS) is 14.7. The number of carbonyl (C=O) groups is 2. The summed E-state index contributed by atoms with van der Waals surface area (Å²) in [4.78, 5) is 28.4. The van der Waals surface area contributed by atoms with Gasteiger partial charge in [0.15, 0.2) is 6.10 Å². The molecule has 1 aliphatic heterocycles. The second kappa shape index (κ2) is 12.6. The van der Waals surface area contributed by atoms with E-state index in [1.165, 1.54) is 29.2 Å². The van der Waals surface area contributed by atoms with Gasteiger partial charge in [-0.1, -0.05) is 84.4 Å². The molecule has 1 N–H and O–H groups in total. The summed E-state index contributed by atoms with van der Waals surface area (Å²) in [6.07, 6.45) is -0.979. The van der Waals surface area contributed by atoms with Crippen LogP contribution in [0.25, 0.3) is 0 Å². The molecule has 1 aliphatic rings. The van der Waals surface area contributed by atoms with Gasteiger partial charge in [-0.3, -0.25) is 9.59 Å². The van der Waals surface area contributed by atoms with Crippen molar-refractivity contribution in [3.05, 3.63) is 125 Å². The average Bonchev–Trinajstić information content (AvgIpc) is 3.00. The lowest BCUT2D eigenvalue weighted by Crippen LogP contribution is -2.52. The highest BCUT2D eigenvalue weighted by Gasteiger charge is 2.36. The fourth-order valence-electron chi connectivity index (χ4n) is 4.51. The Morgan fingerprint density at radius 3 is 2.15 bits per heavy atom. The van der Waals surface area contributed by atoms with Gasteiger partial charge in [-0.25, -0.2) is 8.42 Å². The summed E-state index contributed by atoms with van der Waals surface area (Å²) < 4.78 is 34.6. The SMILES string of the molecule is O=C(NCc1ccccc1)[C@@H]1CN(C(=O)CN(Cc2ccccc2)S(=O)(=O)c2ccc(Cl)cc2)c2ccccc2O1. The number of halogens is 1. The third kappa shape index (κ3) is 6.77. The van der Waals surface area contributed by atoms with Crippen LogP contribution in [-0.4, -0.2) is 43.7 Å². The predicted molar refractivity (Wildman–Crippen MR) is 157 cm³/mol. The van der Waals surface area contributed by atoms with E-state index in [1.807, 2.05) is 36.4 Å². The number of anilines is 1. The minimum atomic E-state index is -4.08. The zero-order chi connectivity index (χ0) is 28.8. The molecule has 0 saturated heterocycles. The van der Waals surface area contributed by atoms with Crippen LogP contribution in [0, 0.1) is 0 Å². The maximum absolute atomic E-state index is 13.9. The molecule has 41 heavy (non-hydrogen) atoms. The first-order valence-electron chi connectivity index (χ1n) is 13.0. The molecule has 210 valence electrons. The maximum Gasteiger partial charge on any atom is 0.263 e. The lowest BCUT2D eigenvalue weighted by Gasteiger charge is -2.35. The Labute approximate surface area is 244 Å². The molecule has 10 heteroatoms. The van der Waals surface area contributed by atoms with E-state index in [0.717, 1.165) is 15.4 Å². The number of rotatable bonds is 9. The molecule has 0 bridgehead atoms. The molecule has 0 aliphatic carbocycles. The summed E-state index contributed by atoms with van der Waals surface area (Å²) in [5, 5.41) is 3.26. The van der Waals surface area contributed by atoms with Crippen LogP contribution in [0.2, 0.25) is 5.02 Å². The minimum Gasteiger partial charge on any atom is -0.477 e. The van der Waals surface area contributed by atoms with Crippen molar-refractivity contribution in [3.63, 3.8) is 0 Å². The Morgan fingerprint density at radius 1 is 0.854 bits per heavy atom. The molecule has 0 radical (unpaired) electrons. The zero-order valence-electron chi connectivity index (χ0n) is 22.0. The van der Waals surface area contributed by atoms with Crippen LogP contribution in [0.3, 0.4) is 0 Å². The number of carbonyl (C=O) groups excluding carboxylic acids is 2. The van der Waals surface area contributed by atoms with Crippen molar-refractivity contribution in [2.45, 2.75) is 24.1 Å². The van der Waals surface area contributed by atoms with Crippen molar-refractivity contribution in [2.75, 3.05) is 18.0 Å². The number of fused-ring (bicyclic) bond motifs is 1. The van der Waals surface area contributed by atoms with Crippen LogP contribution in [0.15, 0.2) is 114 Å². The average molecular weight is 590 g/mol. The summed E-state index contributed by atoms with van der Waals surface area (Å²) in [7, 11) is -4.08. The molecule has 2 amide bonds. The number of ether oxygens (including phenoxy) is 1. The number of para-hydroxylation sites is 2. The summed E-state index contributed by atoms with van der Waals surface area (Å²) in [5.74, 6) is -0.506. The van der Waals surface area contributed by atoms with E-state index in [4.69, 9.17) is 16.3 Å². The van der Waals surface area contributed by atoms with Crippen LogP contribution in [0.5, 0.6) is 5.75 Å². The van der Waals surface area contributed by atoms with E-state index < -0.39 is 28.6 Å². The molecular formula is C31H28ClN3O5S. The van der Waals surface area contributed by atoms with Gasteiger partial charge in [0.2, 0.25) is 15.9 Å². The van der Waals surface area contributed by atoms with Gasteiger partial charge >= 0.3 is 0 Å². The van der Waals surface area contributed by atoms with Crippen LogP contribution in [-0.2, 0) is 32.7 Å². The number of sulfonamides is 1. The fraction of sp³-hybridized carbons (Fsp3) is 0.161. The van der Waals surface area contributed by atoms with Crippen LogP contribution >= 0.6 is 11.6 Å². The highest BCUT2D eigenvalue weighted by Crippen LogP contribution is 2.34. The summed E-state index contributed by atoms with van der Waals surface area (Å²) in [6.45, 7) is -0.243. The Hall–Kier alpha value is -4.18. The second-order valence-corrected chi connectivity index (χ2v) is 11.9. The molecule has 4 aromatic rings.